The van der Waals surface area contributed by atoms with Crippen molar-refractivity contribution in [3.63, 3.8) is 0 Å². The summed E-state index contributed by atoms with van der Waals surface area (Å²) >= 11 is 0. The van der Waals surface area contributed by atoms with Crippen LogP contribution in [0.5, 0.6) is 0 Å². The van der Waals surface area contributed by atoms with Gasteiger partial charge in [-0.2, -0.15) is 0 Å². The first-order valence-corrected chi connectivity index (χ1v) is 6.51. The highest BCUT2D eigenvalue weighted by Crippen LogP contribution is 2.01. The first-order valence-electron chi connectivity index (χ1n) is 6.51. The largest absolute Gasteiger partial charge is 0.481 e. The molecule has 0 spiro atoms. The van der Waals surface area contributed by atoms with E-state index in [1.165, 1.54) is 6.08 Å². The molecule has 0 aromatic heterocycles. The maximum Gasteiger partial charge on any atom is 0.321 e. The van der Waals surface area contributed by atoms with E-state index in [0.29, 0.717) is 13.0 Å². The van der Waals surface area contributed by atoms with Crippen LogP contribution in [0.15, 0.2) is 12.7 Å². The Hall–Kier alpha value is -1.89. The summed E-state index contributed by atoms with van der Waals surface area (Å²) in [6, 6.07) is -0.477. The van der Waals surface area contributed by atoms with Gasteiger partial charge in [0.1, 0.15) is 0 Å². The molecule has 114 valence electrons. The topological polar surface area (TPSA) is 98.7 Å². The number of carbonyl (C=O) groups excluding carboxylic acids is 2. The number of aliphatic carboxylic acids is 1. The molecule has 0 aromatic rings. The molecule has 7 heteroatoms. The summed E-state index contributed by atoms with van der Waals surface area (Å²) in [5, 5.41) is 13.2. The van der Waals surface area contributed by atoms with Crippen molar-refractivity contribution in [1.29, 1.82) is 0 Å². The number of imide groups is 1. The van der Waals surface area contributed by atoms with E-state index in [1.54, 1.807) is 0 Å². The maximum atomic E-state index is 11.7. The third-order valence-corrected chi connectivity index (χ3v) is 2.57. The quantitative estimate of drug-likeness (QED) is 0.538. The molecule has 3 N–H and O–H groups in total. The lowest BCUT2D eigenvalue weighted by Crippen LogP contribution is -2.46. The van der Waals surface area contributed by atoms with Crippen molar-refractivity contribution in [2.24, 2.45) is 0 Å². The number of nitrogens with one attached hydrogen (secondary N) is 2. The SMILES string of the molecule is C=CCNC(=O)NC(=O)CN(CCCC(=O)O)C(C)C. The number of urea groups is 1. The van der Waals surface area contributed by atoms with E-state index in [2.05, 4.69) is 17.2 Å². The zero-order valence-corrected chi connectivity index (χ0v) is 12.0. The van der Waals surface area contributed by atoms with Crippen molar-refractivity contribution in [1.82, 2.24) is 15.5 Å². The van der Waals surface area contributed by atoms with Gasteiger partial charge in [0, 0.05) is 19.0 Å². The first-order chi connectivity index (χ1) is 9.36. The number of hydrogen-bond acceptors (Lipinski definition) is 4. The molecule has 20 heavy (non-hydrogen) atoms. The van der Waals surface area contributed by atoms with Crippen LogP contribution in [0.1, 0.15) is 26.7 Å². The molecule has 0 atom stereocenters. The lowest BCUT2D eigenvalue weighted by Gasteiger charge is -2.25. The van der Waals surface area contributed by atoms with Gasteiger partial charge in [0.15, 0.2) is 0 Å². The molecule has 0 rings (SSSR count). The van der Waals surface area contributed by atoms with E-state index >= 15 is 0 Å². The van der Waals surface area contributed by atoms with Crippen molar-refractivity contribution >= 4 is 17.9 Å². The van der Waals surface area contributed by atoms with Crippen LogP contribution in [0.4, 0.5) is 4.79 Å². The van der Waals surface area contributed by atoms with Crippen molar-refractivity contribution in [3.8, 4) is 0 Å². The van der Waals surface area contributed by atoms with Crippen molar-refractivity contribution in [2.45, 2.75) is 32.7 Å². The fourth-order valence-electron chi connectivity index (χ4n) is 1.51. The molecule has 0 radical (unpaired) electrons. The van der Waals surface area contributed by atoms with Crippen LogP contribution in [0.2, 0.25) is 0 Å². The van der Waals surface area contributed by atoms with Gasteiger partial charge in [0.05, 0.1) is 6.54 Å². The fraction of sp³-hybridized carbons (Fsp3) is 0.615. The van der Waals surface area contributed by atoms with E-state index in [9.17, 15) is 14.4 Å². The Kier molecular flexibility index (Phi) is 9.02. The molecule has 0 heterocycles. The summed E-state index contributed by atoms with van der Waals surface area (Å²) in [6.45, 7) is 8.09. The van der Waals surface area contributed by atoms with Crippen LogP contribution >= 0.6 is 0 Å². The molecule has 0 fully saturated rings. The Balaban J connectivity index is 4.16. The number of amides is 3. The number of nitrogens with zero attached hydrogens (tertiary/aromatic N) is 1. The normalized spacial score (nSPS) is 10.4. The van der Waals surface area contributed by atoms with E-state index in [4.69, 9.17) is 5.11 Å². The molecule has 0 aliphatic carbocycles. The van der Waals surface area contributed by atoms with Crippen LogP contribution in [0.3, 0.4) is 0 Å². The Bertz CT molecular complexity index is 356. The summed E-state index contributed by atoms with van der Waals surface area (Å²) in [5.74, 6) is -1.28. The number of carboxylic acid groups (broad SMARTS) is 1. The second-order valence-corrected chi connectivity index (χ2v) is 4.61. The third-order valence-electron chi connectivity index (χ3n) is 2.57. The zero-order valence-electron chi connectivity index (χ0n) is 12.0. The fourth-order valence-corrected chi connectivity index (χ4v) is 1.51. The number of hydrogen-bond donors (Lipinski definition) is 3. The average molecular weight is 285 g/mol. The second kappa shape index (κ2) is 9.96. The molecular weight excluding hydrogens is 262 g/mol. The molecule has 0 aliphatic rings. The summed E-state index contributed by atoms with van der Waals surface area (Å²) in [5.41, 5.74) is 0. The van der Waals surface area contributed by atoms with Gasteiger partial charge in [0.25, 0.3) is 0 Å². The Labute approximate surface area is 119 Å². The van der Waals surface area contributed by atoms with Crippen molar-refractivity contribution in [2.75, 3.05) is 19.6 Å². The van der Waals surface area contributed by atoms with Crippen LogP contribution in [0.25, 0.3) is 0 Å². The zero-order chi connectivity index (χ0) is 15.5. The second-order valence-electron chi connectivity index (χ2n) is 4.61. The van der Waals surface area contributed by atoms with E-state index in [1.807, 2.05) is 18.7 Å². The first kappa shape index (κ1) is 18.1. The molecule has 0 saturated carbocycles. The van der Waals surface area contributed by atoms with Crippen LogP contribution in [0, 0.1) is 0 Å². The highest BCUT2D eigenvalue weighted by molar-refractivity contribution is 5.95. The summed E-state index contributed by atoms with van der Waals surface area (Å²) in [6.07, 6.45) is 2.03. The highest BCUT2D eigenvalue weighted by Gasteiger charge is 2.15. The van der Waals surface area contributed by atoms with Crippen LogP contribution in [-0.4, -0.2) is 53.6 Å². The number of carboxylic acids is 1. The Morgan fingerprint density at radius 1 is 1.35 bits per heavy atom. The maximum absolute atomic E-state index is 11.7. The molecule has 0 bridgehead atoms. The highest BCUT2D eigenvalue weighted by atomic mass is 16.4. The van der Waals surface area contributed by atoms with Gasteiger partial charge in [-0.1, -0.05) is 6.08 Å². The van der Waals surface area contributed by atoms with Crippen LogP contribution in [-0.2, 0) is 9.59 Å². The molecule has 0 aromatic carbocycles. The molecule has 0 saturated heterocycles. The standard InChI is InChI=1S/C13H23N3O4/c1-4-7-14-13(20)15-11(17)9-16(10(2)3)8-5-6-12(18)19/h4,10H,1,5-9H2,2-3H3,(H,18,19)(H2,14,15,17,20). The van der Waals surface area contributed by atoms with Crippen molar-refractivity contribution < 1.29 is 19.5 Å². The van der Waals surface area contributed by atoms with Crippen molar-refractivity contribution in [3.05, 3.63) is 12.7 Å². The molecule has 0 aliphatic heterocycles. The minimum Gasteiger partial charge on any atom is -0.481 e. The average Bonchev–Trinajstić information content (AvgIpc) is 2.34. The third kappa shape index (κ3) is 9.09. The summed E-state index contributed by atoms with van der Waals surface area (Å²) in [7, 11) is 0. The smallest absolute Gasteiger partial charge is 0.321 e. The van der Waals surface area contributed by atoms with Gasteiger partial charge in [-0.15, -0.1) is 6.58 Å². The van der Waals surface area contributed by atoms with Gasteiger partial charge in [0.2, 0.25) is 5.91 Å². The minimum atomic E-state index is -0.859. The Morgan fingerprint density at radius 2 is 2.00 bits per heavy atom. The van der Waals surface area contributed by atoms with Gasteiger partial charge in [-0.25, -0.2) is 4.79 Å². The van der Waals surface area contributed by atoms with Gasteiger partial charge in [-0.3, -0.25) is 19.8 Å². The van der Waals surface area contributed by atoms with Gasteiger partial charge >= 0.3 is 12.0 Å². The summed E-state index contributed by atoms with van der Waals surface area (Å²) < 4.78 is 0. The monoisotopic (exact) mass is 285 g/mol. The predicted molar refractivity (Wildman–Crippen MR) is 75.3 cm³/mol. The number of rotatable bonds is 9. The predicted octanol–water partition coefficient (Wildman–Crippen LogP) is 0.573. The number of carbonyl (C=O) groups is 3. The molecule has 3 amide bonds. The molecule has 0 unspecified atom stereocenters. The van der Waals surface area contributed by atoms with Gasteiger partial charge < -0.3 is 10.4 Å². The summed E-state index contributed by atoms with van der Waals surface area (Å²) in [4.78, 5) is 35.2. The lowest BCUT2D eigenvalue weighted by atomic mass is 10.2. The molecule has 7 nitrogen and oxygen atoms in total. The Morgan fingerprint density at radius 3 is 2.50 bits per heavy atom. The van der Waals surface area contributed by atoms with E-state index in [0.717, 1.165) is 0 Å². The van der Waals surface area contributed by atoms with Crippen LogP contribution < -0.4 is 10.6 Å². The van der Waals surface area contributed by atoms with E-state index < -0.39 is 17.9 Å². The van der Waals surface area contributed by atoms with E-state index in [-0.39, 0.29) is 25.6 Å². The molecular formula is C13H23N3O4. The lowest BCUT2D eigenvalue weighted by molar-refractivity contribution is -0.137. The minimum absolute atomic E-state index is 0.0544. The van der Waals surface area contributed by atoms with Gasteiger partial charge in [-0.05, 0) is 26.8 Å².